The number of methoxy groups -OCH3 is 1. The summed E-state index contributed by atoms with van der Waals surface area (Å²) in [6.45, 7) is 6.06. The Kier molecular flexibility index (Phi) is 6.45. The number of nitrogens with one attached hydrogen (secondary N) is 1. The van der Waals surface area contributed by atoms with Crippen LogP contribution in [0.15, 0.2) is 0 Å². The Balaban J connectivity index is 2.67. The number of ether oxygens (including phenoxy) is 2. The van der Waals surface area contributed by atoms with E-state index in [4.69, 9.17) is 9.47 Å². The largest absolute Gasteiger partial charge is 0.385 e. The van der Waals surface area contributed by atoms with Crippen molar-refractivity contribution in [3.05, 3.63) is 0 Å². The quantitative estimate of drug-likeness (QED) is 0.711. The van der Waals surface area contributed by atoms with Gasteiger partial charge in [-0.1, -0.05) is 19.8 Å². The van der Waals surface area contributed by atoms with Crippen LogP contribution in [0.3, 0.4) is 0 Å². The molecule has 0 saturated heterocycles. The molecule has 1 aliphatic rings. The molecule has 102 valence electrons. The van der Waals surface area contributed by atoms with E-state index in [1.807, 2.05) is 0 Å². The van der Waals surface area contributed by atoms with Gasteiger partial charge in [-0.2, -0.15) is 0 Å². The maximum absolute atomic E-state index is 6.14. The molecular formula is C14H29NO2. The van der Waals surface area contributed by atoms with Crippen LogP contribution in [0, 0.1) is 5.92 Å². The van der Waals surface area contributed by atoms with Crippen molar-refractivity contribution >= 4 is 0 Å². The first-order chi connectivity index (χ1) is 8.20. The Morgan fingerprint density at radius 2 is 1.94 bits per heavy atom. The second-order valence-electron chi connectivity index (χ2n) is 5.23. The summed E-state index contributed by atoms with van der Waals surface area (Å²) >= 11 is 0. The number of likely N-dealkylation sites (N-methyl/N-ethyl adjacent to an activating group) is 1. The van der Waals surface area contributed by atoms with Gasteiger partial charge in [-0.3, -0.25) is 0 Å². The van der Waals surface area contributed by atoms with Gasteiger partial charge in [-0.15, -0.1) is 0 Å². The molecule has 17 heavy (non-hydrogen) atoms. The minimum atomic E-state index is 0.0661. The van der Waals surface area contributed by atoms with E-state index in [2.05, 4.69) is 26.2 Å². The van der Waals surface area contributed by atoms with E-state index in [1.54, 1.807) is 7.11 Å². The van der Waals surface area contributed by atoms with Crippen LogP contribution < -0.4 is 5.32 Å². The molecule has 1 aliphatic carbocycles. The Bertz CT molecular complexity index is 202. The fourth-order valence-electron chi connectivity index (χ4n) is 3.34. The zero-order valence-corrected chi connectivity index (χ0v) is 11.9. The lowest BCUT2D eigenvalue weighted by Crippen LogP contribution is -2.53. The van der Waals surface area contributed by atoms with Crippen LogP contribution in [0.25, 0.3) is 0 Å². The van der Waals surface area contributed by atoms with Gasteiger partial charge in [0.2, 0.25) is 0 Å². The average Bonchev–Trinajstić information content (AvgIpc) is 2.77. The highest BCUT2D eigenvalue weighted by molar-refractivity contribution is 4.98. The third-order valence-electron chi connectivity index (χ3n) is 4.11. The third kappa shape index (κ3) is 3.67. The zero-order chi connectivity index (χ0) is 12.7. The number of hydrogen-bond acceptors (Lipinski definition) is 3. The van der Waals surface area contributed by atoms with Crippen LogP contribution in [0.2, 0.25) is 0 Å². The first-order valence-corrected chi connectivity index (χ1v) is 7.00. The molecule has 1 N–H and O–H groups in total. The van der Waals surface area contributed by atoms with Gasteiger partial charge >= 0.3 is 0 Å². The Hall–Kier alpha value is -0.120. The molecule has 2 unspecified atom stereocenters. The summed E-state index contributed by atoms with van der Waals surface area (Å²) in [7, 11) is 3.84. The molecule has 2 atom stereocenters. The molecule has 0 radical (unpaired) electrons. The second-order valence-corrected chi connectivity index (χ2v) is 5.23. The maximum Gasteiger partial charge on any atom is 0.0837 e. The Morgan fingerprint density at radius 3 is 2.41 bits per heavy atom. The summed E-state index contributed by atoms with van der Waals surface area (Å²) in [5.41, 5.74) is 0.0661. The maximum atomic E-state index is 6.14. The number of rotatable bonds is 8. The smallest absolute Gasteiger partial charge is 0.0837 e. The Morgan fingerprint density at radius 1 is 1.29 bits per heavy atom. The molecule has 0 amide bonds. The molecule has 0 bridgehead atoms. The molecule has 0 aromatic carbocycles. The SMILES string of the molecule is CCOC1(C(NC)C(C)CCOC)CCCC1. The predicted molar refractivity (Wildman–Crippen MR) is 71.3 cm³/mol. The third-order valence-corrected chi connectivity index (χ3v) is 4.11. The minimum absolute atomic E-state index is 0.0661. The summed E-state index contributed by atoms with van der Waals surface area (Å²) in [6.07, 6.45) is 6.09. The number of hydrogen-bond donors (Lipinski definition) is 1. The van der Waals surface area contributed by atoms with Gasteiger partial charge in [0.05, 0.1) is 5.60 Å². The molecule has 0 aliphatic heterocycles. The summed E-state index contributed by atoms with van der Waals surface area (Å²) < 4.78 is 11.3. The highest BCUT2D eigenvalue weighted by Crippen LogP contribution is 2.39. The highest BCUT2D eigenvalue weighted by Gasteiger charge is 2.43. The topological polar surface area (TPSA) is 30.5 Å². The monoisotopic (exact) mass is 243 g/mol. The summed E-state index contributed by atoms with van der Waals surface area (Å²) in [6, 6.07) is 0.445. The van der Waals surface area contributed by atoms with Crippen molar-refractivity contribution < 1.29 is 9.47 Å². The van der Waals surface area contributed by atoms with E-state index >= 15 is 0 Å². The molecule has 1 fully saturated rings. The van der Waals surface area contributed by atoms with E-state index in [1.165, 1.54) is 25.7 Å². The fourth-order valence-corrected chi connectivity index (χ4v) is 3.34. The van der Waals surface area contributed by atoms with Gasteiger partial charge in [-0.05, 0) is 39.2 Å². The van der Waals surface area contributed by atoms with E-state index in [0.717, 1.165) is 19.6 Å². The van der Waals surface area contributed by atoms with Gasteiger partial charge in [0.25, 0.3) is 0 Å². The van der Waals surface area contributed by atoms with Crippen LogP contribution in [0.5, 0.6) is 0 Å². The van der Waals surface area contributed by atoms with Crippen molar-refractivity contribution in [1.29, 1.82) is 0 Å². The minimum Gasteiger partial charge on any atom is -0.385 e. The molecule has 3 heteroatoms. The molecular weight excluding hydrogens is 214 g/mol. The predicted octanol–water partition coefficient (Wildman–Crippen LogP) is 2.60. The second kappa shape index (κ2) is 7.34. The van der Waals surface area contributed by atoms with Gasteiger partial charge in [0.1, 0.15) is 0 Å². The molecule has 1 rings (SSSR count). The van der Waals surface area contributed by atoms with Crippen molar-refractivity contribution in [2.75, 3.05) is 27.4 Å². The summed E-state index contributed by atoms with van der Waals surface area (Å²) in [5, 5.41) is 3.50. The molecule has 0 aromatic heterocycles. The first-order valence-electron chi connectivity index (χ1n) is 7.00. The van der Waals surface area contributed by atoms with Gasteiger partial charge in [0.15, 0.2) is 0 Å². The molecule has 0 spiro atoms. The van der Waals surface area contributed by atoms with E-state index in [-0.39, 0.29) is 5.60 Å². The zero-order valence-electron chi connectivity index (χ0n) is 11.9. The highest BCUT2D eigenvalue weighted by atomic mass is 16.5. The van der Waals surface area contributed by atoms with Crippen molar-refractivity contribution in [3.8, 4) is 0 Å². The van der Waals surface area contributed by atoms with Crippen LogP contribution in [0.4, 0.5) is 0 Å². The van der Waals surface area contributed by atoms with Crippen LogP contribution in [-0.4, -0.2) is 39.0 Å². The van der Waals surface area contributed by atoms with Crippen molar-refractivity contribution in [3.63, 3.8) is 0 Å². The van der Waals surface area contributed by atoms with Crippen molar-refractivity contribution in [2.45, 2.75) is 57.6 Å². The fraction of sp³-hybridized carbons (Fsp3) is 1.00. The van der Waals surface area contributed by atoms with Gasteiger partial charge in [0, 0.05) is 26.4 Å². The van der Waals surface area contributed by atoms with Crippen molar-refractivity contribution in [2.24, 2.45) is 5.92 Å². The summed E-state index contributed by atoms with van der Waals surface area (Å²) in [5.74, 6) is 0.588. The lowest BCUT2D eigenvalue weighted by Gasteiger charge is -2.40. The molecule has 0 heterocycles. The van der Waals surface area contributed by atoms with Gasteiger partial charge in [-0.25, -0.2) is 0 Å². The lowest BCUT2D eigenvalue weighted by molar-refractivity contribution is -0.0740. The standard InChI is InChI=1S/C14H29NO2/c1-5-17-14(9-6-7-10-14)13(15-3)12(2)8-11-16-4/h12-13,15H,5-11H2,1-4H3. The van der Waals surface area contributed by atoms with Crippen LogP contribution >= 0.6 is 0 Å². The van der Waals surface area contributed by atoms with E-state index < -0.39 is 0 Å². The average molecular weight is 243 g/mol. The summed E-state index contributed by atoms with van der Waals surface area (Å²) in [4.78, 5) is 0. The lowest BCUT2D eigenvalue weighted by atomic mass is 9.82. The van der Waals surface area contributed by atoms with Crippen LogP contribution in [-0.2, 0) is 9.47 Å². The van der Waals surface area contributed by atoms with E-state index in [0.29, 0.717) is 12.0 Å². The normalized spacial score (nSPS) is 22.6. The van der Waals surface area contributed by atoms with Crippen molar-refractivity contribution in [1.82, 2.24) is 5.32 Å². The van der Waals surface area contributed by atoms with E-state index in [9.17, 15) is 0 Å². The van der Waals surface area contributed by atoms with Crippen LogP contribution in [0.1, 0.15) is 46.0 Å². The van der Waals surface area contributed by atoms with Gasteiger partial charge < -0.3 is 14.8 Å². The first kappa shape index (κ1) is 14.9. The molecule has 3 nitrogen and oxygen atoms in total. The molecule has 1 saturated carbocycles. The Labute approximate surface area is 106 Å². The molecule has 0 aromatic rings.